The van der Waals surface area contributed by atoms with Gasteiger partial charge in [-0.05, 0) is 6.92 Å². The van der Waals surface area contributed by atoms with Gasteiger partial charge in [0.25, 0.3) is 5.66 Å². The molecule has 0 N–H and O–H groups in total. The highest BCUT2D eigenvalue weighted by Crippen LogP contribution is 2.25. The SMILES string of the molecule is C/C=C/CC(F)(F)P. The third-order valence-electron chi connectivity index (χ3n) is 0.626. The van der Waals surface area contributed by atoms with Crippen molar-refractivity contribution < 1.29 is 8.78 Å². The second kappa shape index (κ2) is 3.13. The predicted octanol–water partition coefficient (Wildman–Crippen LogP) is 2.42. The molecule has 0 aromatic rings. The van der Waals surface area contributed by atoms with E-state index < -0.39 is 5.66 Å². The van der Waals surface area contributed by atoms with Crippen LogP contribution in [0, 0.1) is 0 Å². The Morgan fingerprint density at radius 1 is 1.62 bits per heavy atom. The number of rotatable bonds is 2. The minimum atomic E-state index is -2.62. The molecular weight excluding hydrogens is 129 g/mol. The molecule has 0 aromatic carbocycles. The molecule has 0 rings (SSSR count). The molecule has 0 nitrogen and oxygen atoms in total. The standard InChI is InChI=1S/C5H9F2P/c1-2-3-4-5(6,7)8/h2-3H,4,8H2,1H3/b3-2+. The van der Waals surface area contributed by atoms with E-state index in [1.807, 2.05) is 0 Å². The van der Waals surface area contributed by atoms with Crippen molar-refractivity contribution in [3.8, 4) is 0 Å². The van der Waals surface area contributed by atoms with Gasteiger partial charge in [0.05, 0.1) is 0 Å². The second-order valence-corrected chi connectivity index (χ2v) is 2.38. The van der Waals surface area contributed by atoms with Gasteiger partial charge in [-0.1, -0.05) is 21.4 Å². The fourth-order valence-electron chi connectivity index (χ4n) is 0.275. The Balaban J connectivity index is 3.39. The number of hydrogen-bond acceptors (Lipinski definition) is 0. The van der Waals surface area contributed by atoms with Crippen molar-refractivity contribution in [2.24, 2.45) is 0 Å². The first-order valence-electron chi connectivity index (χ1n) is 2.34. The molecule has 0 heterocycles. The summed E-state index contributed by atoms with van der Waals surface area (Å²) in [5.74, 6) is 0. The van der Waals surface area contributed by atoms with Crippen LogP contribution in [0.4, 0.5) is 8.78 Å². The molecule has 3 heteroatoms. The summed E-state index contributed by atoms with van der Waals surface area (Å²) < 4.78 is 23.6. The molecule has 1 unspecified atom stereocenters. The van der Waals surface area contributed by atoms with E-state index in [0.717, 1.165) is 0 Å². The third-order valence-corrected chi connectivity index (χ3v) is 0.861. The maximum atomic E-state index is 11.8. The first-order valence-corrected chi connectivity index (χ1v) is 2.92. The van der Waals surface area contributed by atoms with Gasteiger partial charge in [0.15, 0.2) is 0 Å². The lowest BCUT2D eigenvalue weighted by Crippen LogP contribution is -2.00. The smallest absolute Gasteiger partial charge is 0.202 e. The first-order chi connectivity index (χ1) is 3.56. The minimum Gasteiger partial charge on any atom is -0.202 e. The lowest BCUT2D eigenvalue weighted by molar-refractivity contribution is 0.108. The van der Waals surface area contributed by atoms with E-state index in [1.54, 1.807) is 13.0 Å². The molecule has 0 aliphatic rings. The van der Waals surface area contributed by atoms with Crippen LogP contribution in [-0.4, -0.2) is 5.66 Å². The molecule has 0 radical (unpaired) electrons. The maximum absolute atomic E-state index is 11.8. The van der Waals surface area contributed by atoms with Gasteiger partial charge in [-0.25, -0.2) is 8.78 Å². The van der Waals surface area contributed by atoms with Gasteiger partial charge in [-0.3, -0.25) is 0 Å². The molecule has 1 atom stereocenters. The Labute approximate surface area is 50.2 Å². The van der Waals surface area contributed by atoms with Gasteiger partial charge in [0.1, 0.15) is 0 Å². The Morgan fingerprint density at radius 3 is 2.25 bits per heavy atom. The topological polar surface area (TPSA) is 0 Å². The minimum absolute atomic E-state index is 0.186. The second-order valence-electron chi connectivity index (χ2n) is 1.53. The van der Waals surface area contributed by atoms with E-state index in [4.69, 9.17) is 0 Å². The zero-order chi connectivity index (χ0) is 6.62. The van der Waals surface area contributed by atoms with Gasteiger partial charge in [-0.2, -0.15) is 0 Å². The van der Waals surface area contributed by atoms with Crippen LogP contribution in [0.15, 0.2) is 12.2 Å². The average Bonchev–Trinajstić information content (AvgIpc) is 1.59. The Kier molecular flexibility index (Phi) is 3.15. The summed E-state index contributed by atoms with van der Waals surface area (Å²) in [7, 11) is 1.48. The van der Waals surface area contributed by atoms with Crippen molar-refractivity contribution in [3.63, 3.8) is 0 Å². The van der Waals surface area contributed by atoms with Crippen LogP contribution in [0.1, 0.15) is 13.3 Å². The summed E-state index contributed by atoms with van der Waals surface area (Å²) in [6, 6.07) is 0. The zero-order valence-corrected chi connectivity index (χ0v) is 5.85. The lowest BCUT2D eigenvalue weighted by Gasteiger charge is -2.03. The summed E-state index contributed by atoms with van der Waals surface area (Å²) in [4.78, 5) is 0. The molecule has 0 amide bonds. The van der Waals surface area contributed by atoms with Crippen molar-refractivity contribution in [1.29, 1.82) is 0 Å². The van der Waals surface area contributed by atoms with Crippen molar-refractivity contribution >= 4 is 9.24 Å². The van der Waals surface area contributed by atoms with E-state index in [2.05, 4.69) is 0 Å². The molecule has 0 aromatic heterocycles. The first kappa shape index (κ1) is 8.03. The fraction of sp³-hybridized carbons (Fsp3) is 0.600. The average molecular weight is 138 g/mol. The number of hydrogen-bond donors (Lipinski definition) is 0. The summed E-state index contributed by atoms with van der Waals surface area (Å²) in [6.45, 7) is 1.72. The van der Waals surface area contributed by atoms with E-state index in [-0.39, 0.29) is 6.42 Å². The Hall–Kier alpha value is 0.0300. The van der Waals surface area contributed by atoms with Crippen LogP contribution in [0.3, 0.4) is 0 Å². The molecule has 48 valence electrons. The van der Waals surface area contributed by atoms with Crippen LogP contribution in [0.2, 0.25) is 0 Å². The van der Waals surface area contributed by atoms with Crippen molar-refractivity contribution in [1.82, 2.24) is 0 Å². The summed E-state index contributed by atoms with van der Waals surface area (Å²) in [5, 5.41) is 0. The molecule has 0 aliphatic heterocycles. The molecule has 0 saturated heterocycles. The molecule has 0 bridgehead atoms. The third kappa shape index (κ3) is 6.03. The molecule has 0 saturated carbocycles. The highest BCUT2D eigenvalue weighted by atomic mass is 31.0. The van der Waals surface area contributed by atoms with Crippen LogP contribution >= 0.6 is 9.24 Å². The predicted molar refractivity (Wildman–Crippen MR) is 34.1 cm³/mol. The van der Waals surface area contributed by atoms with Gasteiger partial charge in [0, 0.05) is 6.42 Å². The normalized spacial score (nSPS) is 13.0. The number of allylic oxidation sites excluding steroid dienone is 2. The van der Waals surface area contributed by atoms with E-state index in [1.165, 1.54) is 15.3 Å². The van der Waals surface area contributed by atoms with E-state index in [9.17, 15) is 8.78 Å². The highest BCUT2D eigenvalue weighted by molar-refractivity contribution is 7.18. The van der Waals surface area contributed by atoms with Gasteiger partial charge in [0.2, 0.25) is 0 Å². The quantitative estimate of drug-likeness (QED) is 0.406. The van der Waals surface area contributed by atoms with E-state index in [0.29, 0.717) is 0 Å². The van der Waals surface area contributed by atoms with Crippen LogP contribution < -0.4 is 0 Å². The largest absolute Gasteiger partial charge is 0.262 e. The van der Waals surface area contributed by atoms with Gasteiger partial charge < -0.3 is 0 Å². The number of alkyl halides is 2. The molecule has 0 spiro atoms. The monoisotopic (exact) mass is 138 g/mol. The molecule has 8 heavy (non-hydrogen) atoms. The summed E-state index contributed by atoms with van der Waals surface area (Å²) in [5.41, 5.74) is -2.62. The van der Waals surface area contributed by atoms with E-state index >= 15 is 0 Å². The van der Waals surface area contributed by atoms with Gasteiger partial charge >= 0.3 is 0 Å². The zero-order valence-electron chi connectivity index (χ0n) is 4.70. The van der Waals surface area contributed by atoms with Crippen molar-refractivity contribution in [2.75, 3.05) is 0 Å². The molecule has 0 aliphatic carbocycles. The van der Waals surface area contributed by atoms with Crippen LogP contribution in [-0.2, 0) is 0 Å². The summed E-state index contributed by atoms with van der Waals surface area (Å²) in [6.07, 6.45) is 2.86. The Bertz CT molecular complexity index is 82.9. The maximum Gasteiger partial charge on any atom is 0.262 e. The van der Waals surface area contributed by atoms with Crippen LogP contribution in [0.5, 0.6) is 0 Å². The number of halogens is 2. The molecule has 0 fully saturated rings. The Morgan fingerprint density at radius 2 is 2.12 bits per heavy atom. The highest BCUT2D eigenvalue weighted by Gasteiger charge is 2.17. The van der Waals surface area contributed by atoms with Gasteiger partial charge in [-0.15, -0.1) is 0 Å². The van der Waals surface area contributed by atoms with Crippen LogP contribution in [0.25, 0.3) is 0 Å². The van der Waals surface area contributed by atoms with Crippen molar-refractivity contribution in [3.05, 3.63) is 12.2 Å². The summed E-state index contributed by atoms with van der Waals surface area (Å²) >= 11 is 0. The fourth-order valence-corrected chi connectivity index (χ4v) is 0.411. The van der Waals surface area contributed by atoms with Crippen molar-refractivity contribution in [2.45, 2.75) is 19.0 Å². The lowest BCUT2D eigenvalue weighted by atomic mass is 10.4. The molecular formula is C5H9F2P.